The van der Waals surface area contributed by atoms with Crippen LogP contribution < -0.4 is 0 Å². The fourth-order valence-corrected chi connectivity index (χ4v) is 3.93. The van der Waals surface area contributed by atoms with Crippen molar-refractivity contribution in [2.24, 2.45) is 0 Å². The van der Waals surface area contributed by atoms with Crippen LogP contribution >= 0.6 is 23.4 Å². The first-order valence-electron chi connectivity index (χ1n) is 7.44. The third kappa shape index (κ3) is 3.78. The van der Waals surface area contributed by atoms with Gasteiger partial charge in [-0.3, -0.25) is 0 Å². The molecule has 0 spiro atoms. The Morgan fingerprint density at radius 1 is 1.19 bits per heavy atom. The van der Waals surface area contributed by atoms with Gasteiger partial charge in [0.25, 0.3) is 0 Å². The zero-order chi connectivity index (χ0) is 14.7. The van der Waals surface area contributed by atoms with E-state index in [4.69, 9.17) is 16.6 Å². The van der Waals surface area contributed by atoms with E-state index in [0.717, 1.165) is 17.3 Å². The maximum absolute atomic E-state index is 6.18. The molecule has 3 rings (SSSR count). The topological polar surface area (TPSA) is 25.8 Å². The molecule has 4 heteroatoms. The molecular formula is C17H19ClN2S. The summed E-state index contributed by atoms with van der Waals surface area (Å²) in [5.41, 5.74) is 2.42. The largest absolute Gasteiger partial charge is 0.237 e. The van der Waals surface area contributed by atoms with Gasteiger partial charge < -0.3 is 0 Å². The van der Waals surface area contributed by atoms with Crippen molar-refractivity contribution in [3.63, 3.8) is 0 Å². The lowest BCUT2D eigenvalue weighted by molar-refractivity contribution is 0.688. The number of benzene rings is 1. The highest BCUT2D eigenvalue weighted by atomic mass is 35.5. The van der Waals surface area contributed by atoms with E-state index in [0.29, 0.717) is 11.1 Å². The van der Waals surface area contributed by atoms with E-state index in [9.17, 15) is 0 Å². The van der Waals surface area contributed by atoms with E-state index >= 15 is 0 Å². The van der Waals surface area contributed by atoms with Crippen molar-refractivity contribution in [2.75, 3.05) is 0 Å². The van der Waals surface area contributed by atoms with Gasteiger partial charge in [-0.25, -0.2) is 9.97 Å². The minimum atomic E-state index is 0.576. The van der Waals surface area contributed by atoms with Crippen LogP contribution in [0.4, 0.5) is 0 Å². The summed E-state index contributed by atoms with van der Waals surface area (Å²) in [6, 6.07) is 10.3. The van der Waals surface area contributed by atoms with Gasteiger partial charge in [0, 0.05) is 16.5 Å². The smallest absolute Gasteiger partial charge is 0.140 e. The lowest BCUT2D eigenvalue weighted by Crippen LogP contribution is -2.02. The number of aryl methyl sites for hydroxylation is 1. The summed E-state index contributed by atoms with van der Waals surface area (Å²) in [6.45, 7) is 2.13. The van der Waals surface area contributed by atoms with E-state index in [2.05, 4.69) is 36.2 Å². The van der Waals surface area contributed by atoms with Gasteiger partial charge in [0.05, 0.1) is 5.75 Å². The van der Waals surface area contributed by atoms with Gasteiger partial charge >= 0.3 is 0 Å². The van der Waals surface area contributed by atoms with Gasteiger partial charge in [-0.15, -0.1) is 11.8 Å². The van der Waals surface area contributed by atoms with E-state index in [1.807, 2.05) is 6.07 Å². The first-order valence-corrected chi connectivity index (χ1v) is 8.80. The molecule has 0 N–H and O–H groups in total. The molecule has 110 valence electrons. The summed E-state index contributed by atoms with van der Waals surface area (Å²) in [6.07, 6.45) is 5.08. The van der Waals surface area contributed by atoms with Crippen LogP contribution in [-0.2, 0) is 5.75 Å². The lowest BCUT2D eigenvalue weighted by atomic mass is 10.0. The number of hydrogen-bond acceptors (Lipinski definition) is 3. The molecule has 0 radical (unpaired) electrons. The molecule has 1 aliphatic rings. The fourth-order valence-electron chi connectivity index (χ4n) is 2.84. The molecular weight excluding hydrogens is 300 g/mol. The van der Waals surface area contributed by atoms with Crippen molar-refractivity contribution in [2.45, 2.75) is 49.2 Å². The molecule has 0 atom stereocenters. The molecule has 1 aliphatic carbocycles. The third-order valence-corrected chi connectivity index (χ3v) is 5.35. The first-order chi connectivity index (χ1) is 10.2. The van der Waals surface area contributed by atoms with E-state index in [-0.39, 0.29) is 0 Å². The maximum Gasteiger partial charge on any atom is 0.140 e. The summed E-state index contributed by atoms with van der Waals surface area (Å²) in [5, 5.41) is 0.576. The molecule has 2 aromatic rings. The van der Waals surface area contributed by atoms with Crippen molar-refractivity contribution in [3.8, 4) is 0 Å². The van der Waals surface area contributed by atoms with Gasteiger partial charge in [0.2, 0.25) is 0 Å². The number of hydrogen-bond donors (Lipinski definition) is 0. The average Bonchev–Trinajstić information content (AvgIpc) is 3.00. The second-order valence-corrected chi connectivity index (χ2v) is 6.97. The molecule has 1 heterocycles. The third-order valence-electron chi connectivity index (χ3n) is 3.98. The second-order valence-electron chi connectivity index (χ2n) is 5.57. The average molecular weight is 319 g/mol. The predicted octanol–water partition coefficient (Wildman–Crippen LogP) is 5.39. The summed E-state index contributed by atoms with van der Waals surface area (Å²) in [4.78, 5) is 10.4. The SMILES string of the molecule is Cc1ccccc1SCc1nc(Cl)cc(C2CCCC2)n1. The number of rotatable bonds is 4. The van der Waals surface area contributed by atoms with Gasteiger partial charge in [-0.2, -0.15) is 0 Å². The zero-order valence-electron chi connectivity index (χ0n) is 12.2. The van der Waals surface area contributed by atoms with Crippen LogP contribution in [0.5, 0.6) is 0 Å². The molecule has 1 fully saturated rings. The van der Waals surface area contributed by atoms with Crippen molar-refractivity contribution in [1.82, 2.24) is 9.97 Å². The van der Waals surface area contributed by atoms with Gasteiger partial charge in [0.1, 0.15) is 11.0 Å². The zero-order valence-corrected chi connectivity index (χ0v) is 13.8. The highest BCUT2D eigenvalue weighted by molar-refractivity contribution is 7.98. The van der Waals surface area contributed by atoms with Crippen LogP contribution in [0.15, 0.2) is 35.2 Å². The number of halogens is 1. The molecule has 0 bridgehead atoms. The Hall–Kier alpha value is -1.06. The molecule has 2 nitrogen and oxygen atoms in total. The lowest BCUT2D eigenvalue weighted by Gasteiger charge is -2.11. The van der Waals surface area contributed by atoms with Crippen LogP contribution in [0.2, 0.25) is 5.15 Å². The van der Waals surface area contributed by atoms with Crippen molar-refractivity contribution in [3.05, 3.63) is 52.6 Å². The Balaban J connectivity index is 1.74. The Labute approximate surface area is 135 Å². The standard InChI is InChI=1S/C17H19ClN2S/c1-12-6-2-5-9-15(12)21-11-17-19-14(10-16(18)20-17)13-7-3-4-8-13/h2,5-6,9-10,13H,3-4,7-8,11H2,1H3. The molecule has 21 heavy (non-hydrogen) atoms. The van der Waals surface area contributed by atoms with E-state index < -0.39 is 0 Å². The highest BCUT2D eigenvalue weighted by Gasteiger charge is 2.19. The van der Waals surface area contributed by atoms with E-state index in [1.165, 1.54) is 36.1 Å². The fraction of sp³-hybridized carbons (Fsp3) is 0.412. The van der Waals surface area contributed by atoms with Crippen LogP contribution in [0.1, 0.15) is 48.7 Å². The van der Waals surface area contributed by atoms with Crippen LogP contribution in [-0.4, -0.2) is 9.97 Å². The number of nitrogens with zero attached hydrogens (tertiary/aromatic N) is 2. The highest BCUT2D eigenvalue weighted by Crippen LogP contribution is 2.34. The minimum absolute atomic E-state index is 0.576. The molecule has 1 aromatic carbocycles. The Morgan fingerprint density at radius 2 is 1.95 bits per heavy atom. The summed E-state index contributed by atoms with van der Waals surface area (Å²) in [5.74, 6) is 2.19. The van der Waals surface area contributed by atoms with Crippen molar-refractivity contribution in [1.29, 1.82) is 0 Å². The maximum atomic E-state index is 6.18. The number of aromatic nitrogens is 2. The molecule has 0 saturated heterocycles. The minimum Gasteiger partial charge on any atom is -0.237 e. The van der Waals surface area contributed by atoms with Gasteiger partial charge in [0.15, 0.2) is 0 Å². The monoisotopic (exact) mass is 318 g/mol. The summed E-state index contributed by atoms with van der Waals surface area (Å²) >= 11 is 7.96. The molecule has 0 amide bonds. The van der Waals surface area contributed by atoms with Crippen molar-refractivity contribution < 1.29 is 0 Å². The first kappa shape index (κ1) is 14.9. The second kappa shape index (κ2) is 6.80. The summed E-state index contributed by atoms with van der Waals surface area (Å²) in [7, 11) is 0. The molecule has 1 aromatic heterocycles. The van der Waals surface area contributed by atoms with Crippen LogP contribution in [0, 0.1) is 6.92 Å². The number of thioether (sulfide) groups is 1. The molecule has 1 saturated carbocycles. The van der Waals surface area contributed by atoms with Crippen LogP contribution in [0.3, 0.4) is 0 Å². The molecule has 0 unspecified atom stereocenters. The predicted molar refractivity (Wildman–Crippen MR) is 89.0 cm³/mol. The Kier molecular flexibility index (Phi) is 4.81. The van der Waals surface area contributed by atoms with Gasteiger partial charge in [-0.1, -0.05) is 42.6 Å². The van der Waals surface area contributed by atoms with Crippen LogP contribution in [0.25, 0.3) is 0 Å². The van der Waals surface area contributed by atoms with E-state index in [1.54, 1.807) is 11.8 Å². The quantitative estimate of drug-likeness (QED) is 0.558. The Morgan fingerprint density at radius 3 is 2.71 bits per heavy atom. The summed E-state index contributed by atoms with van der Waals surface area (Å²) < 4.78 is 0. The molecule has 0 aliphatic heterocycles. The Bertz CT molecular complexity index is 624. The normalized spacial score (nSPS) is 15.5. The van der Waals surface area contributed by atoms with Gasteiger partial charge in [-0.05, 0) is 37.5 Å². The van der Waals surface area contributed by atoms with Crippen molar-refractivity contribution >= 4 is 23.4 Å².